The predicted octanol–water partition coefficient (Wildman–Crippen LogP) is 4.28. The molecule has 0 unspecified atom stereocenters. The SMILES string of the molecule is O=C(Cc1c[nH]c2ccccc12)NNC(=O)c1cccc(NS(=O)(=O)c2ccc(Cl)c(Cl)c2)c1. The summed E-state index contributed by atoms with van der Waals surface area (Å²) in [7, 11) is -3.97. The highest BCUT2D eigenvalue weighted by molar-refractivity contribution is 7.92. The highest BCUT2D eigenvalue weighted by atomic mass is 35.5. The van der Waals surface area contributed by atoms with Crippen molar-refractivity contribution in [2.75, 3.05) is 4.72 Å². The van der Waals surface area contributed by atoms with Crippen molar-refractivity contribution in [2.45, 2.75) is 11.3 Å². The van der Waals surface area contributed by atoms with Gasteiger partial charge < -0.3 is 4.98 Å². The number of benzene rings is 3. The zero-order valence-electron chi connectivity index (χ0n) is 17.4. The molecule has 0 saturated heterocycles. The maximum atomic E-state index is 12.6. The Morgan fingerprint density at radius 1 is 0.882 bits per heavy atom. The molecule has 0 saturated carbocycles. The molecule has 4 rings (SSSR count). The van der Waals surface area contributed by atoms with Crippen LogP contribution in [0, 0.1) is 0 Å². The van der Waals surface area contributed by atoms with E-state index in [2.05, 4.69) is 20.6 Å². The first kappa shape index (κ1) is 23.6. The fraction of sp³-hybridized carbons (Fsp3) is 0.0435. The van der Waals surface area contributed by atoms with Crippen LogP contribution >= 0.6 is 23.2 Å². The van der Waals surface area contributed by atoms with Crippen molar-refractivity contribution in [3.05, 3.63) is 94.1 Å². The van der Waals surface area contributed by atoms with E-state index >= 15 is 0 Å². The number of carbonyl (C=O) groups is 2. The van der Waals surface area contributed by atoms with Gasteiger partial charge >= 0.3 is 0 Å². The first-order valence-electron chi connectivity index (χ1n) is 9.95. The van der Waals surface area contributed by atoms with E-state index in [9.17, 15) is 18.0 Å². The van der Waals surface area contributed by atoms with Gasteiger partial charge in [0.15, 0.2) is 0 Å². The van der Waals surface area contributed by atoms with Crippen LogP contribution in [0.4, 0.5) is 5.69 Å². The summed E-state index contributed by atoms with van der Waals surface area (Å²) in [4.78, 5) is 27.8. The summed E-state index contributed by atoms with van der Waals surface area (Å²) >= 11 is 11.8. The molecule has 174 valence electrons. The summed E-state index contributed by atoms with van der Waals surface area (Å²) in [5, 5.41) is 1.25. The number of fused-ring (bicyclic) bond motifs is 1. The number of aromatic nitrogens is 1. The van der Waals surface area contributed by atoms with E-state index in [0.29, 0.717) is 0 Å². The molecule has 4 aromatic rings. The quantitative estimate of drug-likeness (QED) is 0.286. The molecule has 1 aromatic heterocycles. The van der Waals surface area contributed by atoms with Crippen LogP contribution in [0.25, 0.3) is 10.9 Å². The van der Waals surface area contributed by atoms with Gasteiger partial charge in [-0.05, 0) is 48.0 Å². The Kier molecular flexibility index (Phi) is 6.78. The second-order valence-electron chi connectivity index (χ2n) is 7.30. The predicted molar refractivity (Wildman–Crippen MR) is 131 cm³/mol. The number of para-hydroxylation sites is 1. The molecule has 0 radical (unpaired) electrons. The highest BCUT2D eigenvalue weighted by Crippen LogP contribution is 2.26. The molecule has 11 heteroatoms. The number of sulfonamides is 1. The Hall–Kier alpha value is -3.53. The van der Waals surface area contributed by atoms with E-state index < -0.39 is 21.8 Å². The van der Waals surface area contributed by atoms with Crippen molar-refractivity contribution in [1.82, 2.24) is 15.8 Å². The lowest BCUT2D eigenvalue weighted by molar-refractivity contribution is -0.121. The lowest BCUT2D eigenvalue weighted by atomic mass is 10.1. The minimum Gasteiger partial charge on any atom is -0.361 e. The van der Waals surface area contributed by atoms with Gasteiger partial charge in [0, 0.05) is 28.4 Å². The monoisotopic (exact) mass is 516 g/mol. The van der Waals surface area contributed by atoms with Gasteiger partial charge in [0.1, 0.15) is 0 Å². The third-order valence-corrected chi connectivity index (χ3v) is 7.04. The van der Waals surface area contributed by atoms with Gasteiger partial charge in [-0.15, -0.1) is 0 Å². The molecule has 0 atom stereocenters. The van der Waals surface area contributed by atoms with Crippen LogP contribution in [0.15, 0.2) is 77.8 Å². The molecule has 3 aromatic carbocycles. The Morgan fingerprint density at radius 2 is 1.68 bits per heavy atom. The van der Waals surface area contributed by atoms with E-state index in [1.165, 1.54) is 42.5 Å². The number of hydrogen-bond donors (Lipinski definition) is 4. The van der Waals surface area contributed by atoms with E-state index in [0.717, 1.165) is 16.5 Å². The number of nitrogens with one attached hydrogen (secondary N) is 4. The van der Waals surface area contributed by atoms with Crippen molar-refractivity contribution in [3.8, 4) is 0 Å². The molecule has 0 fully saturated rings. The third kappa shape index (κ3) is 5.33. The van der Waals surface area contributed by atoms with Gasteiger partial charge in [-0.3, -0.25) is 25.2 Å². The van der Waals surface area contributed by atoms with Crippen LogP contribution in [0.3, 0.4) is 0 Å². The summed E-state index contributed by atoms with van der Waals surface area (Å²) in [6, 6.07) is 17.3. The molecule has 0 spiro atoms. The van der Waals surface area contributed by atoms with Crippen LogP contribution in [-0.2, 0) is 21.2 Å². The third-order valence-electron chi connectivity index (χ3n) is 4.92. The molecule has 1 heterocycles. The summed E-state index contributed by atoms with van der Waals surface area (Å²) in [5.74, 6) is -1.02. The number of hydrazine groups is 1. The highest BCUT2D eigenvalue weighted by Gasteiger charge is 2.17. The zero-order chi connectivity index (χ0) is 24.3. The molecular weight excluding hydrogens is 499 g/mol. The lowest BCUT2D eigenvalue weighted by Crippen LogP contribution is -2.42. The fourth-order valence-electron chi connectivity index (χ4n) is 3.28. The van der Waals surface area contributed by atoms with Crippen LogP contribution in [0.1, 0.15) is 15.9 Å². The number of H-pyrrole nitrogens is 1. The number of carbonyl (C=O) groups excluding carboxylic acids is 2. The second kappa shape index (κ2) is 9.76. The average Bonchev–Trinajstić information content (AvgIpc) is 3.22. The Bertz CT molecular complexity index is 1500. The van der Waals surface area contributed by atoms with Gasteiger partial charge in [-0.25, -0.2) is 8.42 Å². The van der Waals surface area contributed by atoms with Gasteiger partial charge in [0.05, 0.1) is 21.4 Å². The molecular formula is C23H18Cl2N4O4S. The van der Waals surface area contributed by atoms with E-state index in [1.54, 1.807) is 6.20 Å². The van der Waals surface area contributed by atoms with Crippen LogP contribution in [0.2, 0.25) is 10.0 Å². The molecule has 8 nitrogen and oxygen atoms in total. The molecule has 0 aliphatic heterocycles. The maximum Gasteiger partial charge on any atom is 0.269 e. The first-order valence-corrected chi connectivity index (χ1v) is 12.2. The zero-order valence-corrected chi connectivity index (χ0v) is 19.8. The van der Waals surface area contributed by atoms with Crippen molar-refractivity contribution in [2.24, 2.45) is 0 Å². The topological polar surface area (TPSA) is 120 Å². The van der Waals surface area contributed by atoms with Gasteiger partial charge in [0.25, 0.3) is 15.9 Å². The molecule has 0 aliphatic rings. The minimum atomic E-state index is -3.97. The largest absolute Gasteiger partial charge is 0.361 e. The fourth-order valence-corrected chi connectivity index (χ4v) is 4.71. The standard InChI is InChI=1S/C23H18Cl2N4O4S/c24-19-9-8-17(12-20(19)25)34(32,33)29-16-5-3-4-14(10-16)23(31)28-27-22(30)11-15-13-26-21-7-2-1-6-18(15)21/h1-10,12-13,26,29H,11H2,(H,27,30)(H,28,31). The van der Waals surface area contributed by atoms with Gasteiger partial charge in [-0.1, -0.05) is 47.5 Å². The number of rotatable bonds is 6. The number of amides is 2. The summed E-state index contributed by atoms with van der Waals surface area (Å²) in [5.41, 5.74) is 6.71. The number of aromatic amines is 1. The Labute approximate surface area is 205 Å². The molecule has 0 aliphatic carbocycles. The lowest BCUT2D eigenvalue weighted by Gasteiger charge is -2.11. The summed E-state index contributed by atoms with van der Waals surface area (Å²) in [6.45, 7) is 0. The van der Waals surface area contributed by atoms with Crippen LogP contribution in [-0.4, -0.2) is 25.2 Å². The maximum absolute atomic E-state index is 12.6. The molecule has 4 N–H and O–H groups in total. The number of anilines is 1. The number of halogens is 2. The molecule has 0 bridgehead atoms. The minimum absolute atomic E-state index is 0.0633. The first-order chi connectivity index (χ1) is 16.2. The van der Waals surface area contributed by atoms with E-state index in [4.69, 9.17) is 23.2 Å². The van der Waals surface area contributed by atoms with Crippen LogP contribution in [0.5, 0.6) is 0 Å². The summed E-state index contributed by atoms with van der Waals surface area (Å²) in [6.07, 6.45) is 1.81. The Balaban J connectivity index is 1.39. The molecule has 2 amide bonds. The molecule has 34 heavy (non-hydrogen) atoms. The average molecular weight is 517 g/mol. The number of hydrogen-bond acceptors (Lipinski definition) is 4. The van der Waals surface area contributed by atoms with E-state index in [-0.39, 0.29) is 32.6 Å². The normalized spacial score (nSPS) is 11.2. The Morgan fingerprint density at radius 3 is 2.47 bits per heavy atom. The summed E-state index contributed by atoms with van der Waals surface area (Å²) < 4.78 is 27.7. The van der Waals surface area contributed by atoms with Crippen molar-refractivity contribution >= 4 is 61.6 Å². The van der Waals surface area contributed by atoms with Gasteiger partial charge in [0.2, 0.25) is 5.91 Å². The second-order valence-corrected chi connectivity index (χ2v) is 9.80. The van der Waals surface area contributed by atoms with Crippen molar-refractivity contribution in [1.29, 1.82) is 0 Å². The smallest absolute Gasteiger partial charge is 0.269 e. The van der Waals surface area contributed by atoms with Gasteiger partial charge in [-0.2, -0.15) is 0 Å². The van der Waals surface area contributed by atoms with Crippen molar-refractivity contribution in [3.63, 3.8) is 0 Å². The van der Waals surface area contributed by atoms with Crippen LogP contribution < -0.4 is 15.6 Å². The van der Waals surface area contributed by atoms with E-state index in [1.807, 2.05) is 24.3 Å². The van der Waals surface area contributed by atoms with Crippen molar-refractivity contribution < 1.29 is 18.0 Å².